The van der Waals surface area contributed by atoms with E-state index in [0.29, 0.717) is 0 Å². The second-order valence-electron chi connectivity index (χ2n) is 4.44. The van der Waals surface area contributed by atoms with Crippen molar-refractivity contribution in [1.82, 2.24) is 15.1 Å². The number of furan rings is 1. The van der Waals surface area contributed by atoms with Crippen LogP contribution in [0.2, 0.25) is 5.02 Å². The molecule has 0 amide bonds. The van der Waals surface area contributed by atoms with Crippen molar-refractivity contribution in [2.75, 3.05) is 7.05 Å². The second kappa shape index (κ2) is 6.26. The number of hydrogen-bond acceptors (Lipinski definition) is 3. The van der Waals surface area contributed by atoms with Crippen LogP contribution in [0.15, 0.2) is 22.8 Å². The third-order valence-corrected chi connectivity index (χ3v) is 3.76. The van der Waals surface area contributed by atoms with Crippen molar-refractivity contribution < 1.29 is 4.42 Å². The van der Waals surface area contributed by atoms with Gasteiger partial charge in [-0.1, -0.05) is 18.5 Å². The van der Waals surface area contributed by atoms with E-state index < -0.39 is 0 Å². The quantitative estimate of drug-likeness (QED) is 0.884. The van der Waals surface area contributed by atoms with Crippen LogP contribution in [0.3, 0.4) is 0 Å². The first kappa shape index (κ1) is 14.2. The zero-order valence-electron chi connectivity index (χ0n) is 11.6. The lowest BCUT2D eigenvalue weighted by atomic mass is 10.1. The highest BCUT2D eigenvalue weighted by Gasteiger charge is 2.20. The van der Waals surface area contributed by atoms with Crippen LogP contribution in [0.4, 0.5) is 0 Å². The number of likely N-dealkylation sites (N-methyl/N-ethyl adjacent to an activating group) is 1. The molecule has 0 aliphatic carbocycles. The van der Waals surface area contributed by atoms with E-state index in [1.54, 1.807) is 6.26 Å². The van der Waals surface area contributed by atoms with Crippen LogP contribution in [0, 0.1) is 0 Å². The fourth-order valence-electron chi connectivity index (χ4n) is 2.24. The lowest BCUT2D eigenvalue weighted by Crippen LogP contribution is -2.20. The Morgan fingerprint density at radius 1 is 1.47 bits per heavy atom. The molecular formula is C14H20ClN3O. The number of nitrogens with one attached hydrogen (secondary N) is 1. The van der Waals surface area contributed by atoms with Gasteiger partial charge in [-0.05, 0) is 32.5 Å². The Morgan fingerprint density at radius 3 is 2.79 bits per heavy atom. The number of aryl methyl sites for hydroxylation is 2. The topological polar surface area (TPSA) is 43.0 Å². The van der Waals surface area contributed by atoms with Gasteiger partial charge in [0.2, 0.25) is 0 Å². The highest BCUT2D eigenvalue weighted by atomic mass is 35.5. The number of aromatic nitrogens is 2. The summed E-state index contributed by atoms with van der Waals surface area (Å²) in [5, 5.41) is 8.60. The SMILES string of the molecule is CCc1nn(CC)c(CC(NC)c2ccco2)c1Cl. The Balaban J connectivity index is 2.29. The molecule has 2 rings (SSSR count). The Labute approximate surface area is 118 Å². The van der Waals surface area contributed by atoms with Crippen LogP contribution in [0.5, 0.6) is 0 Å². The molecule has 1 N–H and O–H groups in total. The summed E-state index contributed by atoms with van der Waals surface area (Å²) in [6.07, 6.45) is 3.31. The molecule has 0 aliphatic rings. The van der Waals surface area contributed by atoms with Gasteiger partial charge < -0.3 is 9.73 Å². The fraction of sp³-hybridized carbons (Fsp3) is 0.500. The van der Waals surface area contributed by atoms with E-state index in [1.807, 2.05) is 23.9 Å². The van der Waals surface area contributed by atoms with E-state index >= 15 is 0 Å². The lowest BCUT2D eigenvalue weighted by molar-refractivity contribution is 0.421. The third-order valence-electron chi connectivity index (χ3n) is 3.33. The van der Waals surface area contributed by atoms with Crippen molar-refractivity contribution in [3.63, 3.8) is 0 Å². The summed E-state index contributed by atoms with van der Waals surface area (Å²) >= 11 is 6.43. The summed E-state index contributed by atoms with van der Waals surface area (Å²) in [6, 6.07) is 3.98. The van der Waals surface area contributed by atoms with Crippen molar-refractivity contribution in [1.29, 1.82) is 0 Å². The highest BCUT2D eigenvalue weighted by molar-refractivity contribution is 6.31. The maximum Gasteiger partial charge on any atom is 0.121 e. The standard InChI is InChI=1S/C14H20ClN3O/c1-4-10-14(15)12(18(5-2)17-10)9-11(16-3)13-7-6-8-19-13/h6-8,11,16H,4-5,9H2,1-3H3. The summed E-state index contributed by atoms with van der Waals surface area (Å²) in [7, 11) is 1.93. The molecule has 5 heteroatoms. The summed E-state index contributed by atoms with van der Waals surface area (Å²) in [5.74, 6) is 0.917. The lowest BCUT2D eigenvalue weighted by Gasteiger charge is -2.14. The summed E-state index contributed by atoms with van der Waals surface area (Å²) < 4.78 is 7.45. The molecule has 4 nitrogen and oxygen atoms in total. The predicted molar refractivity (Wildman–Crippen MR) is 76.5 cm³/mol. The molecule has 0 radical (unpaired) electrons. The minimum Gasteiger partial charge on any atom is -0.468 e. The van der Waals surface area contributed by atoms with Crippen molar-refractivity contribution in [3.8, 4) is 0 Å². The van der Waals surface area contributed by atoms with Gasteiger partial charge in [-0.25, -0.2) is 0 Å². The predicted octanol–water partition coefficient (Wildman–Crippen LogP) is 3.22. The minimum atomic E-state index is 0.110. The maximum atomic E-state index is 6.43. The Kier molecular flexibility index (Phi) is 4.66. The molecule has 0 saturated heterocycles. The largest absolute Gasteiger partial charge is 0.468 e. The van der Waals surface area contributed by atoms with Crippen molar-refractivity contribution in [3.05, 3.63) is 40.6 Å². The average molecular weight is 282 g/mol. The molecule has 0 spiro atoms. The highest BCUT2D eigenvalue weighted by Crippen LogP contribution is 2.27. The van der Waals surface area contributed by atoms with Gasteiger partial charge in [-0.15, -0.1) is 0 Å². The van der Waals surface area contributed by atoms with Crippen LogP contribution in [-0.2, 0) is 19.4 Å². The van der Waals surface area contributed by atoms with Crippen molar-refractivity contribution >= 4 is 11.6 Å². The number of hydrogen-bond donors (Lipinski definition) is 1. The molecule has 0 aromatic carbocycles. The van der Waals surface area contributed by atoms with Gasteiger partial charge in [0.15, 0.2) is 0 Å². The third kappa shape index (κ3) is 2.85. The van der Waals surface area contributed by atoms with E-state index in [0.717, 1.165) is 41.6 Å². The van der Waals surface area contributed by atoms with Crippen LogP contribution < -0.4 is 5.32 Å². The zero-order valence-corrected chi connectivity index (χ0v) is 12.4. The van der Waals surface area contributed by atoms with Gasteiger partial charge in [0.1, 0.15) is 5.76 Å². The van der Waals surface area contributed by atoms with Gasteiger partial charge in [-0.3, -0.25) is 4.68 Å². The van der Waals surface area contributed by atoms with E-state index in [1.165, 1.54) is 0 Å². The first-order valence-electron chi connectivity index (χ1n) is 6.65. The Morgan fingerprint density at radius 2 is 2.26 bits per heavy atom. The first-order chi connectivity index (χ1) is 9.21. The van der Waals surface area contributed by atoms with Crippen LogP contribution in [0.1, 0.15) is 37.0 Å². The second-order valence-corrected chi connectivity index (χ2v) is 4.82. The Bertz CT molecular complexity index is 519. The van der Waals surface area contributed by atoms with E-state index in [4.69, 9.17) is 16.0 Å². The molecule has 2 aromatic heterocycles. The number of rotatable bonds is 6. The summed E-state index contributed by atoms with van der Waals surface area (Å²) in [4.78, 5) is 0. The molecule has 0 saturated carbocycles. The summed E-state index contributed by atoms with van der Waals surface area (Å²) in [6.45, 7) is 4.97. The normalized spacial score (nSPS) is 12.8. The van der Waals surface area contributed by atoms with Crippen molar-refractivity contribution in [2.45, 2.75) is 39.3 Å². The molecule has 2 aromatic rings. The van der Waals surface area contributed by atoms with Gasteiger partial charge in [-0.2, -0.15) is 5.10 Å². The molecule has 104 valence electrons. The average Bonchev–Trinajstić information content (AvgIpc) is 3.04. The molecule has 0 aliphatic heterocycles. The van der Waals surface area contributed by atoms with Gasteiger partial charge in [0, 0.05) is 13.0 Å². The zero-order chi connectivity index (χ0) is 13.8. The van der Waals surface area contributed by atoms with Gasteiger partial charge in [0.05, 0.1) is 28.7 Å². The fourth-order valence-corrected chi connectivity index (χ4v) is 2.59. The van der Waals surface area contributed by atoms with E-state index in [-0.39, 0.29) is 6.04 Å². The van der Waals surface area contributed by atoms with Crippen LogP contribution in [-0.4, -0.2) is 16.8 Å². The van der Waals surface area contributed by atoms with Crippen LogP contribution in [0.25, 0.3) is 0 Å². The molecule has 0 fully saturated rings. The van der Waals surface area contributed by atoms with Gasteiger partial charge >= 0.3 is 0 Å². The minimum absolute atomic E-state index is 0.110. The smallest absolute Gasteiger partial charge is 0.121 e. The molecule has 2 heterocycles. The molecule has 19 heavy (non-hydrogen) atoms. The van der Waals surface area contributed by atoms with E-state index in [2.05, 4.69) is 24.3 Å². The van der Waals surface area contributed by atoms with Gasteiger partial charge in [0.25, 0.3) is 0 Å². The van der Waals surface area contributed by atoms with E-state index in [9.17, 15) is 0 Å². The molecular weight excluding hydrogens is 262 g/mol. The van der Waals surface area contributed by atoms with Crippen molar-refractivity contribution in [2.24, 2.45) is 0 Å². The van der Waals surface area contributed by atoms with Crippen LogP contribution >= 0.6 is 11.6 Å². The molecule has 0 bridgehead atoms. The number of halogens is 1. The first-order valence-corrected chi connectivity index (χ1v) is 7.03. The maximum absolute atomic E-state index is 6.43. The summed E-state index contributed by atoms with van der Waals surface area (Å²) in [5.41, 5.74) is 2.03. The monoisotopic (exact) mass is 281 g/mol. The Hall–Kier alpha value is -1.26. The molecule has 1 unspecified atom stereocenters. The molecule has 1 atom stereocenters. The number of nitrogens with zero attached hydrogens (tertiary/aromatic N) is 2.